The van der Waals surface area contributed by atoms with Crippen LogP contribution in [0.3, 0.4) is 0 Å². The van der Waals surface area contributed by atoms with Gasteiger partial charge >= 0.3 is 5.69 Å². The van der Waals surface area contributed by atoms with E-state index in [9.17, 15) is 14.4 Å². The molecule has 1 saturated carbocycles. The predicted molar refractivity (Wildman–Crippen MR) is 143 cm³/mol. The van der Waals surface area contributed by atoms with Crippen molar-refractivity contribution in [3.05, 3.63) is 105 Å². The number of amides is 1. The first kappa shape index (κ1) is 24.4. The van der Waals surface area contributed by atoms with Crippen molar-refractivity contribution in [3.8, 4) is 11.3 Å². The summed E-state index contributed by atoms with van der Waals surface area (Å²) < 4.78 is 7.29. The van der Waals surface area contributed by atoms with E-state index < -0.39 is 11.2 Å². The lowest BCUT2D eigenvalue weighted by Gasteiger charge is -2.30. The summed E-state index contributed by atoms with van der Waals surface area (Å²) in [6.07, 6.45) is 4.02. The summed E-state index contributed by atoms with van der Waals surface area (Å²) in [5.41, 5.74) is 7.08. The molecule has 1 aliphatic rings. The molecule has 4 aromatic rings. The van der Waals surface area contributed by atoms with Gasteiger partial charge in [0.25, 0.3) is 5.56 Å². The average molecular weight is 499 g/mol. The van der Waals surface area contributed by atoms with Gasteiger partial charge in [0.05, 0.1) is 6.54 Å². The molecule has 0 saturated heterocycles. The van der Waals surface area contributed by atoms with Gasteiger partial charge in [-0.05, 0) is 30.5 Å². The number of nitrogens with zero attached hydrogens (tertiary/aromatic N) is 2. The van der Waals surface area contributed by atoms with Crippen molar-refractivity contribution >= 4 is 17.4 Å². The number of carbonyl (C=O) groups excluding carboxylic acids is 1. The van der Waals surface area contributed by atoms with E-state index in [1.807, 2.05) is 72.8 Å². The SMILES string of the molecule is Nc1c(N(C(=O)CCc2ccc(-c3ccccc3)o2)C2CCCC2)c(=O)[nH]c(=O)n1Cc1ccccc1. The first-order chi connectivity index (χ1) is 18.0. The van der Waals surface area contributed by atoms with E-state index in [2.05, 4.69) is 4.98 Å². The first-order valence-electron chi connectivity index (χ1n) is 12.6. The largest absolute Gasteiger partial charge is 0.461 e. The molecule has 2 aromatic heterocycles. The van der Waals surface area contributed by atoms with E-state index in [0.717, 1.165) is 42.6 Å². The Kier molecular flexibility index (Phi) is 7.07. The maximum atomic E-state index is 13.6. The van der Waals surface area contributed by atoms with Gasteiger partial charge in [0.2, 0.25) is 5.91 Å². The number of hydrogen-bond donors (Lipinski definition) is 2. The summed E-state index contributed by atoms with van der Waals surface area (Å²) in [6.45, 7) is 0.191. The second-order valence-electron chi connectivity index (χ2n) is 9.40. The number of rotatable bonds is 8. The van der Waals surface area contributed by atoms with Crippen LogP contribution in [0.5, 0.6) is 0 Å². The van der Waals surface area contributed by atoms with Crippen molar-refractivity contribution < 1.29 is 9.21 Å². The number of hydrogen-bond acceptors (Lipinski definition) is 5. The van der Waals surface area contributed by atoms with E-state index in [4.69, 9.17) is 10.2 Å². The van der Waals surface area contributed by atoms with Gasteiger partial charge in [-0.1, -0.05) is 73.5 Å². The second kappa shape index (κ2) is 10.7. The summed E-state index contributed by atoms with van der Waals surface area (Å²) in [6, 6.07) is 22.8. The minimum absolute atomic E-state index is 0.00205. The molecule has 8 nitrogen and oxygen atoms in total. The molecule has 8 heteroatoms. The van der Waals surface area contributed by atoms with Gasteiger partial charge in [0, 0.05) is 24.4 Å². The number of aromatic nitrogens is 2. The highest BCUT2D eigenvalue weighted by atomic mass is 16.3. The standard InChI is InChI=1S/C29H30N4O4/c30-27-26(28(35)31-29(36)32(27)19-20-9-3-1-4-10-20)33(22-13-7-8-14-22)25(34)18-16-23-15-17-24(37-23)21-11-5-2-6-12-21/h1-6,9-12,15,17,22H,7-8,13-14,16,18-19,30H2,(H,31,35,36). The number of furan rings is 1. The maximum Gasteiger partial charge on any atom is 0.330 e. The highest BCUT2D eigenvalue weighted by Gasteiger charge is 2.32. The highest BCUT2D eigenvalue weighted by molar-refractivity contribution is 5.96. The monoisotopic (exact) mass is 498 g/mol. The summed E-state index contributed by atoms with van der Waals surface area (Å²) in [4.78, 5) is 43.3. The summed E-state index contributed by atoms with van der Waals surface area (Å²) in [7, 11) is 0. The Balaban J connectivity index is 1.42. The predicted octanol–water partition coefficient (Wildman–Crippen LogP) is 4.34. The lowest BCUT2D eigenvalue weighted by Crippen LogP contribution is -2.45. The molecular formula is C29H30N4O4. The van der Waals surface area contributed by atoms with Crippen LogP contribution in [0.4, 0.5) is 11.5 Å². The van der Waals surface area contributed by atoms with Gasteiger partial charge in [0.15, 0.2) is 5.69 Å². The third kappa shape index (κ3) is 5.28. The van der Waals surface area contributed by atoms with Crippen molar-refractivity contribution in [2.24, 2.45) is 0 Å². The Labute approximate surface area is 214 Å². The zero-order valence-corrected chi connectivity index (χ0v) is 20.6. The zero-order chi connectivity index (χ0) is 25.8. The van der Waals surface area contributed by atoms with E-state index >= 15 is 0 Å². The number of carbonyl (C=O) groups is 1. The molecule has 1 amide bonds. The molecule has 0 atom stereocenters. The fourth-order valence-electron chi connectivity index (χ4n) is 5.03. The van der Waals surface area contributed by atoms with Crippen molar-refractivity contribution in [2.75, 3.05) is 10.6 Å². The molecule has 0 bridgehead atoms. The lowest BCUT2D eigenvalue weighted by molar-refractivity contribution is -0.119. The van der Waals surface area contributed by atoms with Gasteiger partial charge < -0.3 is 15.1 Å². The second-order valence-corrected chi connectivity index (χ2v) is 9.40. The number of nitrogens with one attached hydrogen (secondary N) is 1. The molecule has 2 aromatic carbocycles. The lowest BCUT2D eigenvalue weighted by atomic mass is 10.1. The third-order valence-corrected chi connectivity index (χ3v) is 6.90. The van der Waals surface area contributed by atoms with Crippen molar-refractivity contribution in [1.82, 2.24) is 9.55 Å². The molecule has 0 radical (unpaired) electrons. The van der Waals surface area contributed by atoms with Gasteiger partial charge in [-0.3, -0.25) is 19.1 Å². The zero-order valence-electron chi connectivity index (χ0n) is 20.6. The Bertz CT molecular complexity index is 1480. The quantitative estimate of drug-likeness (QED) is 0.375. The van der Waals surface area contributed by atoms with E-state index in [1.54, 1.807) is 0 Å². The van der Waals surface area contributed by atoms with Crippen molar-refractivity contribution in [2.45, 2.75) is 51.1 Å². The molecular weight excluding hydrogens is 468 g/mol. The Morgan fingerprint density at radius 2 is 1.65 bits per heavy atom. The fourth-order valence-corrected chi connectivity index (χ4v) is 5.03. The summed E-state index contributed by atoms with van der Waals surface area (Å²) in [5.74, 6) is 1.22. The Morgan fingerprint density at radius 1 is 0.973 bits per heavy atom. The molecule has 1 aliphatic carbocycles. The van der Waals surface area contributed by atoms with Gasteiger partial charge in [-0.15, -0.1) is 0 Å². The van der Waals surface area contributed by atoms with Crippen LogP contribution in [0.15, 0.2) is 86.8 Å². The number of H-pyrrole nitrogens is 1. The van der Waals surface area contributed by atoms with Crippen molar-refractivity contribution in [1.29, 1.82) is 0 Å². The molecule has 190 valence electrons. The molecule has 2 heterocycles. The molecule has 0 unspecified atom stereocenters. The van der Waals surface area contributed by atoms with Crippen LogP contribution in [0.25, 0.3) is 11.3 Å². The van der Waals surface area contributed by atoms with E-state index in [1.165, 1.54) is 9.47 Å². The van der Waals surface area contributed by atoms with E-state index in [0.29, 0.717) is 12.2 Å². The maximum absolute atomic E-state index is 13.6. The highest BCUT2D eigenvalue weighted by Crippen LogP contribution is 2.30. The van der Waals surface area contributed by atoms with Gasteiger partial charge in [0.1, 0.15) is 17.3 Å². The topological polar surface area (TPSA) is 114 Å². The molecule has 0 spiro atoms. The minimum Gasteiger partial charge on any atom is -0.461 e. The summed E-state index contributed by atoms with van der Waals surface area (Å²) in [5, 5.41) is 0. The number of benzene rings is 2. The third-order valence-electron chi connectivity index (χ3n) is 6.90. The van der Waals surface area contributed by atoms with Crippen LogP contribution >= 0.6 is 0 Å². The fraction of sp³-hybridized carbons (Fsp3) is 0.276. The molecule has 37 heavy (non-hydrogen) atoms. The molecule has 0 aliphatic heterocycles. The smallest absolute Gasteiger partial charge is 0.330 e. The Morgan fingerprint density at radius 3 is 2.35 bits per heavy atom. The normalized spacial score (nSPS) is 13.6. The van der Waals surface area contributed by atoms with Crippen LogP contribution in [-0.2, 0) is 17.8 Å². The van der Waals surface area contributed by atoms with E-state index in [-0.39, 0.29) is 36.4 Å². The van der Waals surface area contributed by atoms with Crippen molar-refractivity contribution in [3.63, 3.8) is 0 Å². The molecule has 3 N–H and O–H groups in total. The van der Waals surface area contributed by atoms with Crippen LogP contribution in [0.1, 0.15) is 43.4 Å². The van der Waals surface area contributed by atoms with Gasteiger partial charge in [-0.2, -0.15) is 0 Å². The summed E-state index contributed by atoms with van der Waals surface area (Å²) >= 11 is 0. The average Bonchev–Trinajstić information content (AvgIpc) is 3.61. The number of aromatic amines is 1. The van der Waals surface area contributed by atoms with Crippen LogP contribution in [-0.4, -0.2) is 21.5 Å². The van der Waals surface area contributed by atoms with Gasteiger partial charge in [-0.25, -0.2) is 4.79 Å². The number of nitrogens with two attached hydrogens (primary N) is 1. The number of nitrogen functional groups attached to an aromatic ring is 1. The minimum atomic E-state index is -0.642. The van der Waals surface area contributed by atoms with Crippen LogP contribution in [0, 0.1) is 0 Å². The first-order valence-corrected chi connectivity index (χ1v) is 12.6. The molecule has 1 fully saturated rings. The van der Waals surface area contributed by atoms with Crippen LogP contribution < -0.4 is 21.9 Å². The van der Waals surface area contributed by atoms with Crippen LogP contribution in [0.2, 0.25) is 0 Å². The Hall–Kier alpha value is -4.33. The molecule has 5 rings (SSSR count). The number of anilines is 2. The number of aryl methyl sites for hydroxylation is 1.